The average Bonchev–Trinajstić information content (AvgIpc) is 2.41. The molecular weight excluding hydrogens is 248 g/mol. The first-order chi connectivity index (χ1) is 9.43. The van der Waals surface area contributed by atoms with E-state index in [1.54, 1.807) is 0 Å². The van der Waals surface area contributed by atoms with Crippen molar-refractivity contribution in [2.45, 2.75) is 66.2 Å². The highest BCUT2D eigenvalue weighted by molar-refractivity contribution is 5.75. The van der Waals surface area contributed by atoms with Crippen molar-refractivity contribution in [3.8, 4) is 0 Å². The van der Waals surface area contributed by atoms with E-state index >= 15 is 0 Å². The molecule has 0 saturated heterocycles. The van der Waals surface area contributed by atoms with E-state index in [0.717, 1.165) is 37.9 Å². The molecule has 118 valence electrons. The molecule has 0 atom stereocenters. The molecule has 3 nitrogen and oxygen atoms in total. The Morgan fingerprint density at radius 3 is 2.30 bits per heavy atom. The zero-order valence-corrected chi connectivity index (χ0v) is 13.9. The maximum Gasteiger partial charge on any atom is 0.221 e. The minimum absolute atomic E-state index is 0.177. The molecule has 1 saturated carbocycles. The lowest BCUT2D eigenvalue weighted by atomic mass is 9.70. The molecule has 0 bridgehead atoms. The molecule has 0 aliphatic heterocycles. The molecule has 0 spiro atoms. The molecule has 1 aliphatic carbocycles. The molecule has 0 radical (unpaired) electrons. The van der Waals surface area contributed by atoms with E-state index in [1.807, 2.05) is 0 Å². The van der Waals surface area contributed by atoms with Gasteiger partial charge in [-0.1, -0.05) is 27.7 Å². The Kier molecular flexibility index (Phi) is 7.57. The minimum atomic E-state index is 0.177. The Balaban J connectivity index is 2.06. The average molecular weight is 282 g/mol. The fourth-order valence-corrected chi connectivity index (χ4v) is 3.09. The van der Waals surface area contributed by atoms with Gasteiger partial charge in [-0.15, -0.1) is 0 Å². The number of nitrogens with one attached hydrogen (secondary N) is 2. The number of hydrogen-bond acceptors (Lipinski definition) is 2. The highest BCUT2D eigenvalue weighted by atomic mass is 16.1. The summed E-state index contributed by atoms with van der Waals surface area (Å²) in [6.45, 7) is 11.9. The van der Waals surface area contributed by atoms with Crippen molar-refractivity contribution < 1.29 is 4.79 Å². The summed E-state index contributed by atoms with van der Waals surface area (Å²) < 4.78 is 0. The molecule has 3 heteroatoms. The molecule has 0 unspecified atom stereocenters. The number of rotatable bonds is 7. The zero-order valence-electron chi connectivity index (χ0n) is 13.9. The van der Waals surface area contributed by atoms with Crippen molar-refractivity contribution in [2.75, 3.05) is 19.6 Å². The van der Waals surface area contributed by atoms with E-state index in [2.05, 4.69) is 38.3 Å². The number of carbonyl (C=O) groups excluding carboxylic acids is 1. The summed E-state index contributed by atoms with van der Waals surface area (Å²) in [5.74, 6) is 1.88. The second-order valence-electron chi connectivity index (χ2n) is 7.39. The van der Waals surface area contributed by atoms with E-state index < -0.39 is 0 Å². The molecule has 1 fully saturated rings. The van der Waals surface area contributed by atoms with Crippen LogP contribution in [0.3, 0.4) is 0 Å². The molecule has 0 aromatic heterocycles. The highest BCUT2D eigenvalue weighted by Gasteiger charge is 2.29. The van der Waals surface area contributed by atoms with Crippen LogP contribution < -0.4 is 10.6 Å². The third-order valence-corrected chi connectivity index (χ3v) is 4.61. The maximum absolute atomic E-state index is 11.5. The van der Waals surface area contributed by atoms with Gasteiger partial charge in [-0.05, 0) is 55.9 Å². The van der Waals surface area contributed by atoms with Crippen molar-refractivity contribution >= 4 is 5.91 Å². The molecule has 0 aromatic rings. The van der Waals surface area contributed by atoms with Crippen LogP contribution in [0.15, 0.2) is 0 Å². The largest absolute Gasteiger partial charge is 0.356 e. The monoisotopic (exact) mass is 282 g/mol. The Labute approximate surface area is 125 Å². The van der Waals surface area contributed by atoms with Crippen molar-refractivity contribution in [3.63, 3.8) is 0 Å². The van der Waals surface area contributed by atoms with Gasteiger partial charge in [-0.3, -0.25) is 4.79 Å². The topological polar surface area (TPSA) is 41.1 Å². The second kappa shape index (κ2) is 8.66. The summed E-state index contributed by atoms with van der Waals surface area (Å²) in [6.07, 6.45) is 7.04. The SMILES string of the molecule is CCCNC(=O)CCNCC1CCC(C(C)(C)C)CC1. The minimum Gasteiger partial charge on any atom is -0.356 e. The van der Waals surface area contributed by atoms with Crippen LogP contribution >= 0.6 is 0 Å². The van der Waals surface area contributed by atoms with Gasteiger partial charge in [0.2, 0.25) is 5.91 Å². The number of hydrogen-bond donors (Lipinski definition) is 2. The van der Waals surface area contributed by atoms with Gasteiger partial charge < -0.3 is 10.6 Å². The second-order valence-corrected chi connectivity index (χ2v) is 7.39. The molecule has 20 heavy (non-hydrogen) atoms. The Bertz CT molecular complexity index is 275. The van der Waals surface area contributed by atoms with Crippen LogP contribution in [0, 0.1) is 17.3 Å². The molecule has 0 aromatic carbocycles. The predicted molar refractivity (Wildman–Crippen MR) is 85.7 cm³/mol. The van der Waals surface area contributed by atoms with Gasteiger partial charge in [0.05, 0.1) is 0 Å². The van der Waals surface area contributed by atoms with Crippen LogP contribution in [0.25, 0.3) is 0 Å². The smallest absolute Gasteiger partial charge is 0.221 e. The predicted octanol–water partition coefficient (Wildman–Crippen LogP) is 3.34. The fourth-order valence-electron chi connectivity index (χ4n) is 3.09. The molecule has 1 amide bonds. The van der Waals surface area contributed by atoms with Crippen LogP contribution in [0.2, 0.25) is 0 Å². The standard InChI is InChI=1S/C17H34N2O/c1-5-11-19-16(20)10-12-18-13-14-6-8-15(9-7-14)17(2,3)4/h14-15,18H,5-13H2,1-4H3,(H,19,20). The highest BCUT2D eigenvalue weighted by Crippen LogP contribution is 2.39. The van der Waals surface area contributed by atoms with Gasteiger partial charge in [0.1, 0.15) is 0 Å². The van der Waals surface area contributed by atoms with Crippen LogP contribution in [0.5, 0.6) is 0 Å². The van der Waals surface area contributed by atoms with Crippen molar-refractivity contribution in [1.82, 2.24) is 10.6 Å². The first kappa shape index (κ1) is 17.5. The van der Waals surface area contributed by atoms with E-state index in [4.69, 9.17) is 0 Å². The van der Waals surface area contributed by atoms with Crippen LogP contribution in [0.4, 0.5) is 0 Å². The molecule has 1 aliphatic rings. The zero-order chi connectivity index (χ0) is 15.0. The van der Waals surface area contributed by atoms with Crippen LogP contribution in [-0.2, 0) is 4.79 Å². The van der Waals surface area contributed by atoms with Crippen LogP contribution in [-0.4, -0.2) is 25.5 Å². The summed E-state index contributed by atoms with van der Waals surface area (Å²) in [4.78, 5) is 11.5. The quantitative estimate of drug-likeness (QED) is 0.703. The van der Waals surface area contributed by atoms with Crippen molar-refractivity contribution in [1.29, 1.82) is 0 Å². The van der Waals surface area contributed by atoms with Crippen molar-refractivity contribution in [3.05, 3.63) is 0 Å². The van der Waals surface area contributed by atoms with Crippen molar-refractivity contribution in [2.24, 2.45) is 17.3 Å². The van der Waals surface area contributed by atoms with E-state index in [0.29, 0.717) is 11.8 Å². The first-order valence-corrected chi connectivity index (χ1v) is 8.41. The summed E-state index contributed by atoms with van der Waals surface area (Å²) in [7, 11) is 0. The summed E-state index contributed by atoms with van der Waals surface area (Å²) >= 11 is 0. The Morgan fingerprint density at radius 2 is 1.75 bits per heavy atom. The number of amides is 1. The Morgan fingerprint density at radius 1 is 1.10 bits per heavy atom. The summed E-state index contributed by atoms with van der Waals surface area (Å²) in [5, 5.41) is 6.37. The molecule has 2 N–H and O–H groups in total. The van der Waals surface area contributed by atoms with Crippen LogP contribution in [0.1, 0.15) is 66.2 Å². The lowest BCUT2D eigenvalue weighted by Crippen LogP contribution is -2.33. The fraction of sp³-hybridized carbons (Fsp3) is 0.941. The lowest BCUT2D eigenvalue weighted by Gasteiger charge is -2.37. The maximum atomic E-state index is 11.5. The van der Waals surface area contributed by atoms with E-state index in [1.165, 1.54) is 25.7 Å². The van der Waals surface area contributed by atoms with Gasteiger partial charge in [-0.25, -0.2) is 0 Å². The lowest BCUT2D eigenvalue weighted by molar-refractivity contribution is -0.120. The van der Waals surface area contributed by atoms with E-state index in [9.17, 15) is 4.79 Å². The van der Waals surface area contributed by atoms with Gasteiger partial charge in [-0.2, -0.15) is 0 Å². The third-order valence-electron chi connectivity index (χ3n) is 4.61. The van der Waals surface area contributed by atoms with Gasteiger partial charge >= 0.3 is 0 Å². The Hall–Kier alpha value is -0.570. The van der Waals surface area contributed by atoms with Gasteiger partial charge in [0.15, 0.2) is 0 Å². The first-order valence-electron chi connectivity index (χ1n) is 8.41. The van der Waals surface area contributed by atoms with Gasteiger partial charge in [0.25, 0.3) is 0 Å². The molecular formula is C17H34N2O. The van der Waals surface area contributed by atoms with E-state index in [-0.39, 0.29) is 5.91 Å². The molecule has 0 heterocycles. The number of carbonyl (C=O) groups is 1. The molecule has 1 rings (SSSR count). The third kappa shape index (κ3) is 6.74. The van der Waals surface area contributed by atoms with Gasteiger partial charge in [0, 0.05) is 19.5 Å². The summed E-state index contributed by atoms with van der Waals surface area (Å²) in [6, 6.07) is 0. The normalized spacial score (nSPS) is 23.6. The summed E-state index contributed by atoms with van der Waals surface area (Å²) in [5.41, 5.74) is 0.468.